The van der Waals surface area contributed by atoms with Crippen LogP contribution in [-0.4, -0.2) is 31.5 Å². The number of benzene rings is 2. The zero-order chi connectivity index (χ0) is 28.3. The van der Waals surface area contributed by atoms with Crippen LogP contribution in [0.5, 0.6) is 0 Å². The van der Waals surface area contributed by atoms with Crippen LogP contribution in [0, 0.1) is 5.92 Å². The van der Waals surface area contributed by atoms with Gasteiger partial charge in [-0.15, -0.1) is 9.35 Å². The topological polar surface area (TPSA) is 80.8 Å². The van der Waals surface area contributed by atoms with Crippen molar-refractivity contribution in [3.63, 3.8) is 0 Å². The van der Waals surface area contributed by atoms with Crippen molar-refractivity contribution in [2.75, 3.05) is 0 Å². The molecule has 0 spiro atoms. The highest BCUT2D eigenvalue weighted by Crippen LogP contribution is 2.34. The van der Waals surface area contributed by atoms with E-state index in [9.17, 15) is 31.2 Å². The van der Waals surface area contributed by atoms with Crippen molar-refractivity contribution < 1.29 is 35.5 Å². The van der Waals surface area contributed by atoms with Crippen molar-refractivity contribution in [2.24, 2.45) is 5.92 Å². The van der Waals surface area contributed by atoms with E-state index in [0.29, 0.717) is 35.3 Å². The highest BCUT2D eigenvalue weighted by molar-refractivity contribution is 7.90. The molecular formula is C28H30F3NO5S. The monoisotopic (exact) mass is 549 g/mol. The highest BCUT2D eigenvalue weighted by atomic mass is 32.2. The lowest BCUT2D eigenvalue weighted by atomic mass is 9.87. The molecule has 0 bridgehead atoms. The largest absolute Gasteiger partial charge is 0.415 e. The van der Waals surface area contributed by atoms with Crippen molar-refractivity contribution in [1.82, 2.24) is 5.06 Å². The number of unbranched alkanes of at least 4 members (excludes halogenated alkanes) is 1. The lowest BCUT2D eigenvalue weighted by Crippen LogP contribution is -2.42. The smallest absolute Gasteiger partial charge is 0.266 e. The highest BCUT2D eigenvalue weighted by Gasteiger charge is 2.38. The van der Waals surface area contributed by atoms with Crippen LogP contribution in [0.25, 0.3) is 10.8 Å². The van der Waals surface area contributed by atoms with Gasteiger partial charge in [-0.2, -0.15) is 21.6 Å². The maximum atomic E-state index is 13.4. The number of rotatable bonds is 11. The van der Waals surface area contributed by atoms with Gasteiger partial charge in [-0.3, -0.25) is 9.59 Å². The molecule has 0 saturated carbocycles. The van der Waals surface area contributed by atoms with Gasteiger partial charge < -0.3 is 0 Å². The zero-order valence-corrected chi connectivity index (χ0v) is 22.3. The van der Waals surface area contributed by atoms with Crippen LogP contribution in [0.4, 0.5) is 13.2 Å². The maximum Gasteiger partial charge on any atom is 0.415 e. The number of nitrogens with zero attached hydrogens (tertiary/aromatic N) is 1. The molecule has 0 N–H and O–H groups in total. The van der Waals surface area contributed by atoms with E-state index in [0.717, 1.165) is 37.3 Å². The summed E-state index contributed by atoms with van der Waals surface area (Å²) in [6.45, 7) is 8.35. The summed E-state index contributed by atoms with van der Waals surface area (Å²) in [4.78, 5) is 25.9. The minimum absolute atomic E-state index is 0.0832. The second-order valence-corrected chi connectivity index (χ2v) is 10.7. The standard InChI is InChI=1S/C28H30F3NO5S/c1-5-8-10-19(6-2)15-20-16-21-11-9-12-23-25(21)24(17-20)27(34)32(26(23)33)37-38(35,36)22(7-3)14-13-18(4)28(29,30)31/h7,9,11-14,16-17,19H,4-6,8,10,15H2,1-3H3/b14-13-,22-7+. The molecule has 10 heteroatoms. The molecule has 2 aromatic rings. The fraction of sp³-hybridized carbons (Fsp3) is 0.357. The van der Waals surface area contributed by atoms with Crippen LogP contribution in [0.3, 0.4) is 0 Å². The van der Waals surface area contributed by atoms with Crippen LogP contribution in [0.1, 0.15) is 72.7 Å². The van der Waals surface area contributed by atoms with E-state index in [-0.39, 0.29) is 16.2 Å². The number of carbonyl (C=O) groups excluding carboxylic acids is 2. The Balaban J connectivity index is 1.98. The van der Waals surface area contributed by atoms with Gasteiger partial charge in [-0.25, -0.2) is 0 Å². The van der Waals surface area contributed by atoms with E-state index in [4.69, 9.17) is 4.28 Å². The summed E-state index contributed by atoms with van der Waals surface area (Å²) >= 11 is 0. The number of amides is 2. The normalized spacial score (nSPS) is 15.5. The fourth-order valence-electron chi connectivity index (χ4n) is 4.35. The Morgan fingerprint density at radius 2 is 1.79 bits per heavy atom. The van der Waals surface area contributed by atoms with E-state index in [1.165, 1.54) is 13.0 Å². The van der Waals surface area contributed by atoms with E-state index >= 15 is 0 Å². The zero-order valence-electron chi connectivity index (χ0n) is 21.5. The Morgan fingerprint density at radius 3 is 2.39 bits per heavy atom. The first kappa shape index (κ1) is 29.3. The minimum atomic E-state index is -4.84. The van der Waals surface area contributed by atoms with Crippen molar-refractivity contribution in [2.45, 2.75) is 59.1 Å². The molecule has 1 atom stereocenters. The van der Waals surface area contributed by atoms with Crippen molar-refractivity contribution in [3.05, 3.63) is 82.3 Å². The predicted molar refractivity (Wildman–Crippen MR) is 140 cm³/mol. The summed E-state index contributed by atoms with van der Waals surface area (Å²) in [7, 11) is -4.84. The van der Waals surface area contributed by atoms with Gasteiger partial charge >= 0.3 is 16.3 Å². The quantitative estimate of drug-likeness (QED) is 0.222. The average Bonchev–Trinajstić information content (AvgIpc) is 2.86. The van der Waals surface area contributed by atoms with Crippen molar-refractivity contribution >= 4 is 32.7 Å². The Morgan fingerprint density at radius 1 is 1.11 bits per heavy atom. The molecular weight excluding hydrogens is 519 g/mol. The second-order valence-electron chi connectivity index (χ2n) is 9.15. The molecule has 1 heterocycles. The average molecular weight is 550 g/mol. The molecule has 1 unspecified atom stereocenters. The summed E-state index contributed by atoms with van der Waals surface area (Å²) in [5, 5.41) is 1.23. The molecule has 2 amide bonds. The summed E-state index contributed by atoms with van der Waals surface area (Å²) in [6, 6.07) is 8.46. The Kier molecular flexibility index (Phi) is 8.99. The number of alkyl halides is 3. The van der Waals surface area contributed by atoms with Gasteiger partial charge in [0.15, 0.2) is 0 Å². The molecule has 0 aromatic heterocycles. The van der Waals surface area contributed by atoms with Crippen LogP contribution in [-0.2, 0) is 20.8 Å². The van der Waals surface area contributed by atoms with Gasteiger partial charge in [0.1, 0.15) is 0 Å². The van der Waals surface area contributed by atoms with Gasteiger partial charge in [-0.05, 0) is 54.5 Å². The first-order valence-electron chi connectivity index (χ1n) is 12.3. The van der Waals surface area contributed by atoms with Gasteiger partial charge in [0, 0.05) is 11.0 Å². The molecule has 1 aliphatic heterocycles. The first-order valence-corrected chi connectivity index (χ1v) is 13.7. The third kappa shape index (κ3) is 6.24. The second kappa shape index (κ2) is 11.7. The van der Waals surface area contributed by atoms with Crippen molar-refractivity contribution in [1.29, 1.82) is 0 Å². The molecule has 3 rings (SSSR count). The number of halogens is 3. The third-order valence-electron chi connectivity index (χ3n) is 6.49. The number of hydrogen-bond donors (Lipinski definition) is 0. The summed E-state index contributed by atoms with van der Waals surface area (Å²) in [5.41, 5.74) is -0.202. The lowest BCUT2D eigenvalue weighted by Gasteiger charge is -2.26. The van der Waals surface area contributed by atoms with Gasteiger partial charge in [0.2, 0.25) is 0 Å². The van der Waals surface area contributed by atoms with Crippen LogP contribution >= 0.6 is 0 Å². The van der Waals surface area contributed by atoms with Crippen molar-refractivity contribution in [3.8, 4) is 0 Å². The molecule has 1 aliphatic rings. The van der Waals surface area contributed by atoms with Gasteiger partial charge in [0.05, 0.1) is 16.0 Å². The fourth-order valence-corrected chi connectivity index (χ4v) is 5.29. The van der Waals surface area contributed by atoms with E-state index in [1.807, 2.05) is 6.07 Å². The lowest BCUT2D eigenvalue weighted by molar-refractivity contribution is -0.0878. The van der Waals surface area contributed by atoms with Gasteiger partial charge in [0.25, 0.3) is 11.8 Å². The molecule has 38 heavy (non-hydrogen) atoms. The molecule has 6 nitrogen and oxygen atoms in total. The number of allylic oxidation sites excluding steroid dienone is 4. The van der Waals surface area contributed by atoms with Crippen LogP contribution in [0.2, 0.25) is 0 Å². The molecule has 0 fully saturated rings. The van der Waals surface area contributed by atoms with Crippen LogP contribution < -0.4 is 0 Å². The first-order chi connectivity index (χ1) is 17.8. The summed E-state index contributed by atoms with van der Waals surface area (Å²) in [5.74, 6) is -1.56. The summed E-state index contributed by atoms with van der Waals surface area (Å²) in [6.07, 6.45) is 2.19. The van der Waals surface area contributed by atoms with Gasteiger partial charge in [-0.1, -0.05) is 70.4 Å². The predicted octanol–water partition coefficient (Wildman–Crippen LogP) is 7.03. The molecule has 0 saturated heterocycles. The molecule has 0 aliphatic carbocycles. The Bertz CT molecular complexity index is 1420. The number of hydrogen-bond acceptors (Lipinski definition) is 5. The Hall–Kier alpha value is -3.24. The SMILES string of the molecule is C=C(/C=C\C(=C/C)S(=O)(=O)ON1C(=O)c2cccc3cc(CC(CC)CCCC)cc(c23)C1=O)C(F)(F)F. The van der Waals surface area contributed by atoms with E-state index in [1.54, 1.807) is 18.2 Å². The van der Waals surface area contributed by atoms with E-state index in [2.05, 4.69) is 20.4 Å². The number of carbonyl (C=O) groups is 2. The summed E-state index contributed by atoms with van der Waals surface area (Å²) < 4.78 is 69.0. The molecule has 2 aromatic carbocycles. The third-order valence-corrected chi connectivity index (χ3v) is 7.79. The van der Waals surface area contributed by atoms with Crippen LogP contribution in [0.15, 0.2) is 65.6 Å². The number of imide groups is 1. The minimum Gasteiger partial charge on any atom is -0.266 e. The molecule has 204 valence electrons. The maximum absolute atomic E-state index is 13.4. The van der Waals surface area contributed by atoms with E-state index < -0.39 is 38.6 Å². The molecule has 0 radical (unpaired) electrons. The number of hydroxylamine groups is 2. The Labute approximate surface area is 220 Å².